The predicted molar refractivity (Wildman–Crippen MR) is 79.4 cm³/mol. The highest BCUT2D eigenvalue weighted by Gasteiger charge is 2.53. The molecular weight excluding hydrogens is 248 g/mol. The van der Waals surface area contributed by atoms with E-state index in [2.05, 4.69) is 12.1 Å². The molecule has 1 aromatic heterocycles. The lowest BCUT2D eigenvalue weighted by atomic mass is 9.48. The number of rotatable bonds is 4. The predicted octanol–water partition coefficient (Wildman–Crippen LogP) is 4.07. The fourth-order valence-electron chi connectivity index (χ4n) is 5.84. The molecule has 0 aromatic carbocycles. The molecule has 0 spiro atoms. The van der Waals surface area contributed by atoms with E-state index in [1.54, 1.807) is 0 Å². The molecule has 4 aliphatic rings. The molecule has 4 bridgehead atoms. The molecule has 0 radical (unpaired) electrons. The summed E-state index contributed by atoms with van der Waals surface area (Å²) in [6.07, 6.45) is 11.8. The standard InChI is InChI=1S/C17H26N2O/c1-2-3-4-14-15(16(18)20-19-14)17-8-11-5-12(9-17)7-13(6-11)10-17/h11-13H,2-10,18H2,1H3. The minimum Gasteiger partial charge on any atom is -0.367 e. The molecular formula is C17H26N2O. The number of hydrogen-bond acceptors (Lipinski definition) is 3. The Labute approximate surface area is 121 Å². The Morgan fingerprint density at radius 1 is 1.15 bits per heavy atom. The van der Waals surface area contributed by atoms with Crippen molar-refractivity contribution in [2.45, 2.75) is 70.1 Å². The lowest BCUT2D eigenvalue weighted by molar-refractivity contribution is -0.00536. The quantitative estimate of drug-likeness (QED) is 0.900. The van der Waals surface area contributed by atoms with Gasteiger partial charge in [-0.15, -0.1) is 0 Å². The van der Waals surface area contributed by atoms with Gasteiger partial charge in [-0.05, 0) is 69.1 Å². The molecule has 3 heteroatoms. The number of nitrogens with zero attached hydrogens (tertiary/aromatic N) is 1. The summed E-state index contributed by atoms with van der Waals surface area (Å²) in [6, 6.07) is 0. The highest BCUT2D eigenvalue weighted by atomic mass is 16.5. The van der Waals surface area contributed by atoms with Crippen LogP contribution < -0.4 is 5.73 Å². The summed E-state index contributed by atoms with van der Waals surface area (Å²) < 4.78 is 5.41. The van der Waals surface area contributed by atoms with Crippen LogP contribution >= 0.6 is 0 Å². The van der Waals surface area contributed by atoms with Crippen molar-refractivity contribution in [2.75, 3.05) is 5.73 Å². The highest BCUT2D eigenvalue weighted by molar-refractivity contribution is 5.47. The van der Waals surface area contributed by atoms with E-state index >= 15 is 0 Å². The van der Waals surface area contributed by atoms with Gasteiger partial charge in [0.05, 0.1) is 5.69 Å². The SMILES string of the molecule is CCCCc1noc(N)c1C12CC3CC(CC(C3)C1)C2. The van der Waals surface area contributed by atoms with E-state index in [-0.39, 0.29) is 0 Å². The van der Waals surface area contributed by atoms with Gasteiger partial charge in [0.2, 0.25) is 5.88 Å². The Morgan fingerprint density at radius 2 is 1.75 bits per heavy atom. The third-order valence-electron chi connectivity index (χ3n) is 6.12. The second kappa shape index (κ2) is 4.51. The molecule has 5 rings (SSSR count). The monoisotopic (exact) mass is 274 g/mol. The number of hydrogen-bond donors (Lipinski definition) is 1. The van der Waals surface area contributed by atoms with Crippen molar-refractivity contribution >= 4 is 5.88 Å². The molecule has 0 atom stereocenters. The van der Waals surface area contributed by atoms with Crippen LogP contribution in [0, 0.1) is 17.8 Å². The zero-order chi connectivity index (χ0) is 13.7. The molecule has 3 nitrogen and oxygen atoms in total. The van der Waals surface area contributed by atoms with Gasteiger partial charge in [0.25, 0.3) is 0 Å². The molecule has 110 valence electrons. The van der Waals surface area contributed by atoms with E-state index in [4.69, 9.17) is 10.3 Å². The number of anilines is 1. The summed E-state index contributed by atoms with van der Waals surface area (Å²) in [4.78, 5) is 0. The average molecular weight is 274 g/mol. The Bertz CT molecular complexity index is 470. The van der Waals surface area contributed by atoms with Gasteiger partial charge < -0.3 is 10.3 Å². The smallest absolute Gasteiger partial charge is 0.226 e. The number of nitrogens with two attached hydrogens (primary N) is 1. The van der Waals surface area contributed by atoms with Gasteiger partial charge in [-0.3, -0.25) is 0 Å². The van der Waals surface area contributed by atoms with Gasteiger partial charge in [-0.25, -0.2) is 0 Å². The maximum atomic E-state index is 6.21. The maximum Gasteiger partial charge on any atom is 0.226 e. The Morgan fingerprint density at radius 3 is 2.30 bits per heavy atom. The van der Waals surface area contributed by atoms with E-state index < -0.39 is 0 Å². The molecule has 2 N–H and O–H groups in total. The molecule has 0 aliphatic heterocycles. The fourth-order valence-corrected chi connectivity index (χ4v) is 5.84. The molecule has 1 heterocycles. The maximum absolute atomic E-state index is 6.21. The molecule has 4 fully saturated rings. The summed E-state index contributed by atoms with van der Waals surface area (Å²) in [5.41, 5.74) is 9.02. The van der Waals surface area contributed by atoms with Gasteiger partial charge in [-0.1, -0.05) is 18.5 Å². The molecule has 0 saturated heterocycles. The van der Waals surface area contributed by atoms with Crippen molar-refractivity contribution in [3.8, 4) is 0 Å². The number of aromatic nitrogens is 1. The Kier molecular flexibility index (Phi) is 2.87. The van der Waals surface area contributed by atoms with Crippen molar-refractivity contribution in [1.82, 2.24) is 5.16 Å². The van der Waals surface area contributed by atoms with Crippen molar-refractivity contribution in [1.29, 1.82) is 0 Å². The van der Waals surface area contributed by atoms with Gasteiger partial charge >= 0.3 is 0 Å². The molecule has 1 aromatic rings. The lowest BCUT2D eigenvalue weighted by Crippen LogP contribution is -2.49. The van der Waals surface area contributed by atoms with Crippen molar-refractivity contribution in [3.05, 3.63) is 11.3 Å². The second-order valence-electron chi connectivity index (χ2n) is 7.67. The van der Waals surface area contributed by atoms with Crippen LogP contribution in [-0.2, 0) is 11.8 Å². The number of unbranched alkanes of at least 4 members (excludes halogenated alkanes) is 1. The van der Waals surface area contributed by atoms with Gasteiger partial charge in [-0.2, -0.15) is 0 Å². The summed E-state index contributed by atoms with van der Waals surface area (Å²) >= 11 is 0. The van der Waals surface area contributed by atoms with Crippen molar-refractivity contribution < 1.29 is 4.52 Å². The van der Waals surface area contributed by atoms with Gasteiger partial charge in [0, 0.05) is 11.0 Å². The third-order valence-corrected chi connectivity index (χ3v) is 6.12. The topological polar surface area (TPSA) is 52.0 Å². The van der Waals surface area contributed by atoms with Crippen LogP contribution in [0.1, 0.15) is 69.5 Å². The zero-order valence-electron chi connectivity index (χ0n) is 12.5. The highest BCUT2D eigenvalue weighted by Crippen LogP contribution is 2.62. The van der Waals surface area contributed by atoms with Crippen LogP contribution in [0.4, 0.5) is 5.88 Å². The number of nitrogen functional groups attached to an aromatic ring is 1. The summed E-state index contributed by atoms with van der Waals surface area (Å²) in [5.74, 6) is 3.44. The normalized spacial score (nSPS) is 38.5. The Balaban J connectivity index is 1.71. The summed E-state index contributed by atoms with van der Waals surface area (Å²) in [7, 11) is 0. The lowest BCUT2D eigenvalue weighted by Gasteiger charge is -2.56. The van der Waals surface area contributed by atoms with Crippen LogP contribution in [0.25, 0.3) is 0 Å². The molecule has 20 heavy (non-hydrogen) atoms. The van der Waals surface area contributed by atoms with E-state index in [0.717, 1.165) is 24.2 Å². The molecule has 4 saturated carbocycles. The van der Waals surface area contributed by atoms with Gasteiger partial charge in [0.1, 0.15) is 0 Å². The zero-order valence-corrected chi connectivity index (χ0v) is 12.5. The van der Waals surface area contributed by atoms with E-state index in [9.17, 15) is 0 Å². The van der Waals surface area contributed by atoms with Crippen molar-refractivity contribution in [2.24, 2.45) is 17.8 Å². The van der Waals surface area contributed by atoms with E-state index in [0.29, 0.717) is 11.3 Å². The third kappa shape index (κ3) is 1.82. The van der Waals surface area contributed by atoms with Crippen molar-refractivity contribution in [3.63, 3.8) is 0 Å². The molecule has 4 aliphatic carbocycles. The largest absolute Gasteiger partial charge is 0.367 e. The molecule has 0 unspecified atom stereocenters. The first-order valence-electron chi connectivity index (χ1n) is 8.44. The van der Waals surface area contributed by atoms with Crippen LogP contribution in [0.15, 0.2) is 4.52 Å². The number of aryl methyl sites for hydroxylation is 1. The Hall–Kier alpha value is -0.990. The van der Waals surface area contributed by atoms with Crippen LogP contribution in [0.2, 0.25) is 0 Å². The first kappa shape index (κ1) is 12.7. The van der Waals surface area contributed by atoms with E-state index in [1.165, 1.54) is 62.6 Å². The minimum absolute atomic E-state index is 0.321. The molecule has 0 amide bonds. The van der Waals surface area contributed by atoms with Crippen LogP contribution in [-0.4, -0.2) is 5.16 Å². The second-order valence-corrected chi connectivity index (χ2v) is 7.67. The van der Waals surface area contributed by atoms with Crippen LogP contribution in [0.3, 0.4) is 0 Å². The average Bonchev–Trinajstić information content (AvgIpc) is 2.76. The fraction of sp³-hybridized carbons (Fsp3) is 0.824. The minimum atomic E-state index is 0.321. The van der Waals surface area contributed by atoms with Crippen LogP contribution in [0.5, 0.6) is 0 Å². The first-order chi connectivity index (χ1) is 9.70. The van der Waals surface area contributed by atoms with E-state index in [1.807, 2.05) is 0 Å². The first-order valence-corrected chi connectivity index (χ1v) is 8.44. The van der Waals surface area contributed by atoms with Gasteiger partial charge in [0.15, 0.2) is 0 Å². The summed E-state index contributed by atoms with van der Waals surface area (Å²) in [5, 5.41) is 4.31. The summed E-state index contributed by atoms with van der Waals surface area (Å²) in [6.45, 7) is 2.23.